The number of hydrogen-bond donors (Lipinski definition) is 1. The molecule has 0 aromatic heterocycles. The second-order valence-electron chi connectivity index (χ2n) is 4.35. The number of hydrogen-bond acceptors (Lipinski definition) is 2. The fourth-order valence-corrected chi connectivity index (χ4v) is 2.54. The molecule has 0 aliphatic rings. The van der Waals surface area contributed by atoms with Crippen LogP contribution in [-0.4, -0.2) is 6.21 Å². The Labute approximate surface area is 143 Å². The number of rotatable bonds is 3. The summed E-state index contributed by atoms with van der Waals surface area (Å²) >= 11 is 17.6. The van der Waals surface area contributed by atoms with E-state index in [-0.39, 0.29) is 21.3 Å². The Bertz CT molecular complexity index is 737. The molecule has 0 fully saturated rings. The number of benzene rings is 2. The van der Waals surface area contributed by atoms with Crippen molar-refractivity contribution < 1.29 is 17.6 Å². The van der Waals surface area contributed by atoms with E-state index in [1.807, 2.05) is 0 Å². The molecule has 2 rings (SSSR count). The van der Waals surface area contributed by atoms with Crippen LogP contribution in [0, 0.1) is 5.82 Å². The molecule has 0 saturated heterocycles. The van der Waals surface area contributed by atoms with E-state index in [0.29, 0.717) is 23.2 Å². The maximum absolute atomic E-state index is 13.5. The summed E-state index contributed by atoms with van der Waals surface area (Å²) in [5.74, 6) is -0.850. The molecule has 0 aliphatic heterocycles. The molecule has 0 radical (unpaired) electrons. The zero-order chi connectivity index (χ0) is 17.2. The first-order valence-corrected chi connectivity index (χ1v) is 7.12. The van der Waals surface area contributed by atoms with Crippen molar-refractivity contribution in [3.63, 3.8) is 0 Å². The van der Waals surface area contributed by atoms with Crippen LogP contribution in [0.1, 0.15) is 11.1 Å². The lowest BCUT2D eigenvalue weighted by Crippen LogP contribution is -2.06. The van der Waals surface area contributed by atoms with E-state index in [2.05, 4.69) is 10.5 Å². The summed E-state index contributed by atoms with van der Waals surface area (Å²) in [6, 6.07) is 4.81. The Kier molecular flexibility index (Phi) is 5.39. The number of hydrazone groups is 1. The SMILES string of the molecule is Fc1ccc(C(F)(F)F)cc1/C=N\Nc1c(Cl)cc(Cl)cc1Cl. The highest BCUT2D eigenvalue weighted by atomic mass is 35.5. The highest BCUT2D eigenvalue weighted by Gasteiger charge is 2.30. The molecule has 122 valence electrons. The Morgan fingerprint density at radius 2 is 1.61 bits per heavy atom. The molecule has 0 bridgehead atoms. The zero-order valence-electron chi connectivity index (χ0n) is 11.1. The van der Waals surface area contributed by atoms with E-state index >= 15 is 0 Å². The summed E-state index contributed by atoms with van der Waals surface area (Å²) in [5.41, 5.74) is 1.31. The summed E-state index contributed by atoms with van der Waals surface area (Å²) in [4.78, 5) is 0. The van der Waals surface area contributed by atoms with Crippen LogP contribution >= 0.6 is 34.8 Å². The third-order valence-electron chi connectivity index (χ3n) is 2.71. The smallest absolute Gasteiger partial charge is 0.275 e. The minimum Gasteiger partial charge on any atom is -0.275 e. The molecule has 2 nitrogen and oxygen atoms in total. The van der Waals surface area contributed by atoms with E-state index in [0.717, 1.165) is 6.21 Å². The minimum absolute atomic E-state index is 0.157. The largest absolute Gasteiger partial charge is 0.416 e. The quantitative estimate of drug-likeness (QED) is 0.377. The molecular weight excluding hydrogens is 379 g/mol. The lowest BCUT2D eigenvalue weighted by atomic mass is 10.1. The van der Waals surface area contributed by atoms with Crippen molar-refractivity contribution in [3.8, 4) is 0 Å². The Balaban J connectivity index is 2.25. The van der Waals surface area contributed by atoms with Crippen molar-refractivity contribution in [3.05, 3.63) is 62.3 Å². The van der Waals surface area contributed by atoms with Gasteiger partial charge in [-0.3, -0.25) is 5.43 Å². The summed E-state index contributed by atoms with van der Waals surface area (Å²) in [6.07, 6.45) is -3.68. The van der Waals surface area contributed by atoms with Crippen LogP contribution in [0.5, 0.6) is 0 Å². The molecule has 0 atom stereocenters. The molecular formula is C14H7Cl3F4N2. The number of anilines is 1. The molecule has 0 spiro atoms. The third-order valence-corrected chi connectivity index (χ3v) is 3.52. The van der Waals surface area contributed by atoms with Crippen LogP contribution in [0.25, 0.3) is 0 Å². The van der Waals surface area contributed by atoms with Gasteiger partial charge in [0.15, 0.2) is 0 Å². The van der Waals surface area contributed by atoms with Crippen LogP contribution in [0.15, 0.2) is 35.4 Å². The molecule has 1 N–H and O–H groups in total. The van der Waals surface area contributed by atoms with E-state index in [4.69, 9.17) is 34.8 Å². The molecule has 0 unspecified atom stereocenters. The molecule has 9 heteroatoms. The van der Waals surface area contributed by atoms with Gasteiger partial charge in [-0.2, -0.15) is 18.3 Å². The molecule has 23 heavy (non-hydrogen) atoms. The van der Waals surface area contributed by atoms with Crippen molar-refractivity contribution >= 4 is 46.7 Å². The van der Waals surface area contributed by atoms with Gasteiger partial charge >= 0.3 is 6.18 Å². The first-order valence-electron chi connectivity index (χ1n) is 5.99. The van der Waals surface area contributed by atoms with Gasteiger partial charge in [-0.25, -0.2) is 4.39 Å². The van der Waals surface area contributed by atoms with Crippen LogP contribution in [-0.2, 0) is 6.18 Å². The van der Waals surface area contributed by atoms with Crippen molar-refractivity contribution in [2.24, 2.45) is 5.10 Å². The normalized spacial score (nSPS) is 12.0. The highest BCUT2D eigenvalue weighted by Crippen LogP contribution is 2.33. The van der Waals surface area contributed by atoms with E-state index in [1.54, 1.807) is 0 Å². The van der Waals surface area contributed by atoms with Crippen LogP contribution in [0.2, 0.25) is 15.1 Å². The maximum Gasteiger partial charge on any atom is 0.416 e. The number of alkyl halides is 3. The first-order chi connectivity index (χ1) is 10.7. The van der Waals surface area contributed by atoms with Gasteiger partial charge in [0, 0.05) is 10.6 Å². The second-order valence-corrected chi connectivity index (χ2v) is 5.60. The standard InChI is InChI=1S/C14H7Cl3F4N2/c15-9-4-10(16)13(11(17)5-9)23-22-6-7-3-8(14(19,20)21)1-2-12(7)18/h1-6,23H/b22-6-. The topological polar surface area (TPSA) is 24.4 Å². The summed E-state index contributed by atoms with van der Waals surface area (Å²) in [5, 5.41) is 4.27. The lowest BCUT2D eigenvalue weighted by Gasteiger charge is -2.08. The number of nitrogens with zero attached hydrogens (tertiary/aromatic N) is 1. The van der Waals surface area contributed by atoms with Gasteiger partial charge in [0.05, 0.1) is 27.5 Å². The summed E-state index contributed by atoms with van der Waals surface area (Å²) in [7, 11) is 0. The minimum atomic E-state index is -4.58. The van der Waals surface area contributed by atoms with Gasteiger partial charge in [-0.15, -0.1) is 0 Å². The van der Waals surface area contributed by atoms with Crippen molar-refractivity contribution in [1.29, 1.82) is 0 Å². The summed E-state index contributed by atoms with van der Waals surface area (Å²) in [6.45, 7) is 0. The Morgan fingerprint density at radius 1 is 1.00 bits per heavy atom. The van der Waals surface area contributed by atoms with Crippen molar-refractivity contribution in [1.82, 2.24) is 0 Å². The molecule has 0 aliphatic carbocycles. The highest BCUT2D eigenvalue weighted by molar-refractivity contribution is 6.41. The first kappa shape index (κ1) is 17.8. The molecule has 0 amide bonds. The van der Waals surface area contributed by atoms with Gasteiger partial charge in [0.2, 0.25) is 0 Å². The monoisotopic (exact) mass is 384 g/mol. The van der Waals surface area contributed by atoms with Gasteiger partial charge in [0.1, 0.15) is 5.82 Å². The second kappa shape index (κ2) is 6.95. The average molecular weight is 386 g/mol. The van der Waals surface area contributed by atoms with Crippen LogP contribution in [0.4, 0.5) is 23.2 Å². The maximum atomic E-state index is 13.5. The fraction of sp³-hybridized carbons (Fsp3) is 0.0714. The lowest BCUT2D eigenvalue weighted by molar-refractivity contribution is -0.137. The van der Waals surface area contributed by atoms with Crippen LogP contribution in [0.3, 0.4) is 0 Å². The Morgan fingerprint density at radius 3 is 2.17 bits per heavy atom. The predicted octanol–water partition coefficient (Wildman–Crippen LogP) is 6.25. The van der Waals surface area contributed by atoms with Gasteiger partial charge < -0.3 is 0 Å². The van der Waals surface area contributed by atoms with Gasteiger partial charge in [0.25, 0.3) is 0 Å². The zero-order valence-corrected chi connectivity index (χ0v) is 13.3. The molecule has 2 aromatic rings. The molecule has 2 aromatic carbocycles. The van der Waals surface area contributed by atoms with Crippen molar-refractivity contribution in [2.75, 3.05) is 5.43 Å². The number of halogens is 7. The average Bonchev–Trinajstić information content (AvgIpc) is 2.42. The van der Waals surface area contributed by atoms with Gasteiger partial charge in [-0.1, -0.05) is 34.8 Å². The van der Waals surface area contributed by atoms with E-state index in [9.17, 15) is 17.6 Å². The molecule has 0 saturated carbocycles. The van der Waals surface area contributed by atoms with Crippen molar-refractivity contribution in [2.45, 2.75) is 6.18 Å². The van der Waals surface area contributed by atoms with Crippen LogP contribution < -0.4 is 5.43 Å². The Hall–Kier alpha value is -1.50. The fourth-order valence-electron chi connectivity index (χ4n) is 1.63. The predicted molar refractivity (Wildman–Crippen MR) is 84.1 cm³/mol. The van der Waals surface area contributed by atoms with Gasteiger partial charge in [-0.05, 0) is 30.3 Å². The summed E-state index contributed by atoms with van der Waals surface area (Å²) < 4.78 is 51.3. The van der Waals surface area contributed by atoms with E-state index in [1.165, 1.54) is 12.1 Å². The molecule has 0 heterocycles. The van der Waals surface area contributed by atoms with E-state index < -0.39 is 17.6 Å². The third kappa shape index (κ3) is 4.50. The number of nitrogens with one attached hydrogen (secondary N) is 1.